The van der Waals surface area contributed by atoms with Crippen molar-refractivity contribution < 1.29 is 4.80 Å². The van der Waals surface area contributed by atoms with Crippen LogP contribution in [0.25, 0.3) is 16.7 Å². The van der Waals surface area contributed by atoms with Gasteiger partial charge in [-0.3, -0.25) is 0 Å². The zero-order chi connectivity index (χ0) is 20.0. The molecule has 0 saturated carbocycles. The second kappa shape index (κ2) is 7.22. The predicted octanol–water partition coefficient (Wildman–Crippen LogP) is 5.24. The van der Waals surface area contributed by atoms with Gasteiger partial charge in [-0.15, -0.1) is 0 Å². The van der Waals surface area contributed by atoms with Crippen molar-refractivity contribution >= 4 is 36.7 Å². The molecule has 0 radical (unpaired) electrons. The van der Waals surface area contributed by atoms with Gasteiger partial charge in [0, 0.05) is 0 Å². The van der Waals surface area contributed by atoms with Crippen LogP contribution >= 0.6 is 11.6 Å². The van der Waals surface area contributed by atoms with Crippen molar-refractivity contribution in [3.63, 3.8) is 0 Å². The van der Waals surface area contributed by atoms with E-state index >= 15 is 0 Å². The van der Waals surface area contributed by atoms with Crippen LogP contribution in [0.15, 0.2) is 6.08 Å². The van der Waals surface area contributed by atoms with Crippen molar-refractivity contribution in [2.75, 3.05) is 0 Å². The van der Waals surface area contributed by atoms with E-state index in [2.05, 4.69) is 39.9 Å². The van der Waals surface area contributed by atoms with Crippen molar-refractivity contribution in [2.45, 2.75) is 71.5 Å². The molecular weight excluding hydrogens is 376 g/mol. The smallest absolute Gasteiger partial charge is 0.225 e. The van der Waals surface area contributed by atoms with E-state index in [4.69, 9.17) is 11.6 Å². The van der Waals surface area contributed by atoms with Gasteiger partial charge in [0.25, 0.3) is 0 Å². The van der Waals surface area contributed by atoms with Crippen molar-refractivity contribution in [3.8, 4) is 0 Å². The van der Waals surface area contributed by atoms with Gasteiger partial charge in [-0.1, -0.05) is 19.9 Å². The Balaban J connectivity index is 1.89. The van der Waals surface area contributed by atoms with E-state index in [-0.39, 0.29) is 10.3 Å². The molecule has 0 aromatic carbocycles. The second-order valence-corrected chi connectivity index (χ2v) is 13.7. The molecule has 5 nitrogen and oxygen atoms in total. The summed E-state index contributed by atoms with van der Waals surface area (Å²) < 4.78 is 0. The molecule has 2 heterocycles. The molecule has 1 atom stereocenters. The molecule has 1 aliphatic carbocycles. The predicted molar refractivity (Wildman–Crippen MR) is 113 cm³/mol. The summed E-state index contributed by atoms with van der Waals surface area (Å²) in [4.78, 5) is 28.5. The third kappa shape index (κ3) is 4.23. The fourth-order valence-corrected chi connectivity index (χ4v) is 4.52. The quantitative estimate of drug-likeness (QED) is 0.557. The summed E-state index contributed by atoms with van der Waals surface area (Å²) in [7, 11) is -2.18. The Labute approximate surface area is 167 Å². The van der Waals surface area contributed by atoms with Crippen LogP contribution in [0.5, 0.6) is 0 Å². The second-order valence-electron chi connectivity index (χ2n) is 8.92. The first-order valence-electron chi connectivity index (χ1n) is 9.58. The third-order valence-electron chi connectivity index (χ3n) is 6.19. The SMILES string of the molecule is Cc1nc2nc(Cl)nc(C3=CCC(CC(C)(C)[Si](C)(C)O)CC3)c2nc1C. The Morgan fingerprint density at radius 1 is 1.15 bits per heavy atom. The highest BCUT2D eigenvalue weighted by molar-refractivity contribution is 6.72. The lowest BCUT2D eigenvalue weighted by Gasteiger charge is -2.38. The molecule has 2 aromatic heterocycles. The number of aryl methyl sites for hydroxylation is 2. The molecule has 0 amide bonds. The fourth-order valence-electron chi connectivity index (χ4n) is 3.57. The Bertz CT molecular complexity index is 905. The van der Waals surface area contributed by atoms with Gasteiger partial charge >= 0.3 is 0 Å². The van der Waals surface area contributed by atoms with Crippen LogP contribution in [0, 0.1) is 19.8 Å². The van der Waals surface area contributed by atoms with E-state index in [0.717, 1.165) is 48.3 Å². The number of rotatable bonds is 4. The molecule has 3 rings (SSSR count). The fraction of sp³-hybridized carbons (Fsp3) is 0.600. The number of hydrogen-bond acceptors (Lipinski definition) is 5. The zero-order valence-electron chi connectivity index (χ0n) is 17.1. The average Bonchev–Trinajstić information content (AvgIpc) is 2.55. The molecule has 2 aromatic rings. The van der Waals surface area contributed by atoms with E-state index in [9.17, 15) is 4.80 Å². The maximum absolute atomic E-state index is 10.6. The molecular formula is C20H29ClN4OSi. The topological polar surface area (TPSA) is 71.8 Å². The van der Waals surface area contributed by atoms with Gasteiger partial charge in [-0.25, -0.2) is 15.0 Å². The summed E-state index contributed by atoms with van der Waals surface area (Å²) in [6.07, 6.45) is 6.33. The Kier molecular flexibility index (Phi) is 5.45. The highest BCUT2D eigenvalue weighted by Gasteiger charge is 2.39. The molecule has 0 aliphatic heterocycles. The van der Waals surface area contributed by atoms with Crippen LogP contribution < -0.4 is 0 Å². The summed E-state index contributed by atoms with van der Waals surface area (Å²) in [6, 6.07) is 0. The van der Waals surface area contributed by atoms with Gasteiger partial charge in [0.2, 0.25) is 5.28 Å². The number of aromatic nitrogens is 4. The lowest BCUT2D eigenvalue weighted by Crippen LogP contribution is -2.40. The zero-order valence-corrected chi connectivity index (χ0v) is 18.9. The summed E-state index contributed by atoms with van der Waals surface area (Å²) in [6.45, 7) is 12.4. The first-order chi connectivity index (χ1) is 12.5. The molecule has 1 aliphatic rings. The lowest BCUT2D eigenvalue weighted by molar-refractivity contribution is 0.357. The van der Waals surface area contributed by atoms with Crippen molar-refractivity contribution in [1.29, 1.82) is 0 Å². The number of nitrogens with zero attached hydrogens (tertiary/aromatic N) is 4. The molecule has 0 bridgehead atoms. The minimum atomic E-state index is -2.18. The van der Waals surface area contributed by atoms with Gasteiger partial charge in [-0.05, 0) is 80.8 Å². The van der Waals surface area contributed by atoms with Crippen LogP contribution in [0.1, 0.15) is 56.6 Å². The normalized spacial score (nSPS) is 18.7. The molecule has 0 saturated heterocycles. The molecule has 27 heavy (non-hydrogen) atoms. The highest BCUT2D eigenvalue weighted by Crippen LogP contribution is 2.45. The summed E-state index contributed by atoms with van der Waals surface area (Å²) in [5, 5.41) is 0.223. The van der Waals surface area contributed by atoms with Crippen LogP contribution in [0.2, 0.25) is 23.4 Å². The minimum absolute atomic E-state index is 0.00798. The number of hydrogen-bond donors (Lipinski definition) is 1. The first-order valence-corrected chi connectivity index (χ1v) is 12.9. The highest BCUT2D eigenvalue weighted by atomic mass is 35.5. The molecule has 0 spiro atoms. The van der Waals surface area contributed by atoms with E-state index in [1.807, 2.05) is 26.9 Å². The number of halogens is 1. The maximum Gasteiger partial charge on any atom is 0.225 e. The maximum atomic E-state index is 10.6. The van der Waals surface area contributed by atoms with Gasteiger partial charge in [0.05, 0.1) is 17.1 Å². The van der Waals surface area contributed by atoms with Crippen LogP contribution in [-0.4, -0.2) is 33.0 Å². The monoisotopic (exact) mass is 404 g/mol. The van der Waals surface area contributed by atoms with Crippen LogP contribution in [0.3, 0.4) is 0 Å². The summed E-state index contributed by atoms with van der Waals surface area (Å²) in [5.74, 6) is 0.585. The minimum Gasteiger partial charge on any atom is -0.432 e. The number of fused-ring (bicyclic) bond motifs is 1. The van der Waals surface area contributed by atoms with E-state index in [0.29, 0.717) is 11.6 Å². The van der Waals surface area contributed by atoms with Crippen LogP contribution in [-0.2, 0) is 0 Å². The third-order valence-corrected chi connectivity index (χ3v) is 9.88. The average molecular weight is 405 g/mol. The molecule has 0 fully saturated rings. The summed E-state index contributed by atoms with van der Waals surface area (Å²) in [5.41, 5.74) is 5.04. The Hall–Kier alpha value is -1.37. The molecule has 146 valence electrons. The largest absolute Gasteiger partial charge is 0.432 e. The van der Waals surface area contributed by atoms with E-state index in [1.54, 1.807) is 0 Å². The number of allylic oxidation sites excluding steroid dienone is 2. The van der Waals surface area contributed by atoms with Crippen molar-refractivity contribution in [2.24, 2.45) is 5.92 Å². The standard InChI is InChI=1S/C20H29ClN4OSi/c1-12-13(2)23-18-17(22-12)16(24-19(21)25-18)15-9-7-14(8-10-15)11-20(3,4)27(5,6)26/h9,14,26H,7-8,10-11H2,1-6H3. The summed E-state index contributed by atoms with van der Waals surface area (Å²) >= 11 is 6.16. The molecule has 1 N–H and O–H groups in total. The van der Waals surface area contributed by atoms with Crippen molar-refractivity contribution in [1.82, 2.24) is 19.9 Å². The van der Waals surface area contributed by atoms with Gasteiger partial charge in [0.15, 0.2) is 14.0 Å². The van der Waals surface area contributed by atoms with E-state index < -0.39 is 8.32 Å². The Morgan fingerprint density at radius 2 is 1.81 bits per heavy atom. The molecule has 1 unspecified atom stereocenters. The Morgan fingerprint density at radius 3 is 2.41 bits per heavy atom. The van der Waals surface area contributed by atoms with Gasteiger partial charge < -0.3 is 4.80 Å². The van der Waals surface area contributed by atoms with Crippen LogP contribution in [0.4, 0.5) is 0 Å². The van der Waals surface area contributed by atoms with Crippen molar-refractivity contribution in [3.05, 3.63) is 28.4 Å². The van der Waals surface area contributed by atoms with Gasteiger partial charge in [0.1, 0.15) is 5.52 Å². The van der Waals surface area contributed by atoms with E-state index in [1.165, 1.54) is 5.57 Å². The lowest BCUT2D eigenvalue weighted by atomic mass is 9.83. The first kappa shape index (κ1) is 20.4. The molecule has 7 heteroatoms. The van der Waals surface area contributed by atoms with Gasteiger partial charge in [-0.2, -0.15) is 4.98 Å².